The van der Waals surface area contributed by atoms with Gasteiger partial charge in [0.25, 0.3) is 0 Å². The van der Waals surface area contributed by atoms with Crippen LogP contribution in [0.15, 0.2) is 30.7 Å². The van der Waals surface area contributed by atoms with E-state index in [0.717, 1.165) is 0 Å². The molecule has 0 saturated heterocycles. The zero-order chi connectivity index (χ0) is 22.6. The molecule has 1 fully saturated rings. The van der Waals surface area contributed by atoms with Gasteiger partial charge in [-0.3, -0.25) is 14.6 Å². The largest absolute Gasteiger partial charge is 0.389 e. The number of carbonyl (C=O) groups excluding carboxylic acids is 2. The Morgan fingerprint density at radius 3 is 2.77 bits per heavy atom. The van der Waals surface area contributed by atoms with Crippen molar-refractivity contribution in [2.75, 3.05) is 11.4 Å². The second-order valence-corrected chi connectivity index (χ2v) is 7.79. The Kier molecular flexibility index (Phi) is 7.19. The number of pyridine rings is 1. The molecule has 168 valence electrons. The van der Waals surface area contributed by atoms with Gasteiger partial charge in [-0.15, -0.1) is 0 Å². The minimum atomic E-state index is -4.37. The fourth-order valence-corrected chi connectivity index (χ4v) is 3.94. The lowest BCUT2D eigenvalue weighted by Crippen LogP contribution is -2.37. The van der Waals surface area contributed by atoms with Crippen molar-refractivity contribution in [3.8, 4) is 5.69 Å². The highest BCUT2D eigenvalue weighted by molar-refractivity contribution is 6.32. The smallest absolute Gasteiger partial charge is 0.353 e. The van der Waals surface area contributed by atoms with Gasteiger partial charge in [0.15, 0.2) is 5.15 Å². The molecule has 1 N–H and O–H groups in total. The van der Waals surface area contributed by atoms with Crippen LogP contribution >= 0.6 is 11.6 Å². The van der Waals surface area contributed by atoms with Crippen molar-refractivity contribution in [2.45, 2.75) is 51.2 Å². The molecule has 11 heteroatoms. The number of rotatable bonds is 7. The van der Waals surface area contributed by atoms with Crippen molar-refractivity contribution in [3.63, 3.8) is 0 Å². The average Bonchev–Trinajstić information content (AvgIpc) is 3.34. The average molecular weight is 458 g/mol. The van der Waals surface area contributed by atoms with Crippen LogP contribution in [0.4, 0.5) is 18.9 Å². The summed E-state index contributed by atoms with van der Waals surface area (Å²) in [7, 11) is 0. The van der Waals surface area contributed by atoms with Crippen molar-refractivity contribution in [1.82, 2.24) is 20.1 Å². The molecular formula is C20H23ClF3N5O2. The van der Waals surface area contributed by atoms with Crippen LogP contribution in [0.25, 0.3) is 5.69 Å². The maximum absolute atomic E-state index is 13.1. The van der Waals surface area contributed by atoms with Crippen LogP contribution < -0.4 is 10.2 Å². The minimum absolute atomic E-state index is 0.151. The maximum atomic E-state index is 13.1. The third-order valence-electron chi connectivity index (χ3n) is 5.22. The van der Waals surface area contributed by atoms with Gasteiger partial charge < -0.3 is 10.2 Å². The van der Waals surface area contributed by atoms with E-state index >= 15 is 0 Å². The molecule has 1 saturated carbocycles. The normalized spacial score (nSPS) is 18.7. The van der Waals surface area contributed by atoms with Crippen molar-refractivity contribution in [3.05, 3.63) is 35.9 Å². The summed E-state index contributed by atoms with van der Waals surface area (Å²) in [4.78, 5) is 30.5. The van der Waals surface area contributed by atoms with Gasteiger partial charge in [-0.1, -0.05) is 11.6 Å². The summed E-state index contributed by atoms with van der Waals surface area (Å²) in [6, 6.07) is 3.25. The molecule has 2 amide bonds. The first-order chi connectivity index (χ1) is 14.7. The first-order valence-corrected chi connectivity index (χ1v) is 10.4. The number of carbonyl (C=O) groups is 2. The fourth-order valence-electron chi connectivity index (χ4n) is 3.70. The standard InChI is InChI=1S/C20H23ClF3N5O2/c1-2-28(16-12-29(27-18(16)21)15-4-3-9-25-11-15)19(31)13-5-6-14(10-13)26-17(30)7-8-20(22,23)24/h3-4,9,11-14H,2,5-8,10H2,1H3,(H,26,30). The summed E-state index contributed by atoms with van der Waals surface area (Å²) >= 11 is 6.29. The topological polar surface area (TPSA) is 80.1 Å². The Balaban J connectivity index is 1.63. The third kappa shape index (κ3) is 5.96. The molecule has 1 aliphatic carbocycles. The summed E-state index contributed by atoms with van der Waals surface area (Å²) in [5, 5.41) is 7.04. The molecule has 31 heavy (non-hydrogen) atoms. The van der Waals surface area contributed by atoms with E-state index < -0.39 is 24.9 Å². The predicted molar refractivity (Wildman–Crippen MR) is 109 cm³/mol. The Hall–Kier alpha value is -2.62. The van der Waals surface area contributed by atoms with Crippen LogP contribution in [0.5, 0.6) is 0 Å². The number of halogens is 4. The highest BCUT2D eigenvalue weighted by Gasteiger charge is 2.35. The molecule has 1 aliphatic rings. The first kappa shape index (κ1) is 23.1. The zero-order valence-corrected chi connectivity index (χ0v) is 17.7. The molecule has 2 unspecified atom stereocenters. The van der Waals surface area contributed by atoms with Crippen molar-refractivity contribution in [2.24, 2.45) is 5.92 Å². The van der Waals surface area contributed by atoms with Gasteiger partial charge >= 0.3 is 6.18 Å². The molecule has 0 spiro atoms. The van der Waals surface area contributed by atoms with E-state index in [4.69, 9.17) is 11.6 Å². The molecule has 2 aromatic rings. The predicted octanol–water partition coefficient (Wildman–Crippen LogP) is 3.90. The molecule has 3 rings (SSSR count). The van der Waals surface area contributed by atoms with E-state index in [1.165, 1.54) is 0 Å². The molecule has 0 aromatic carbocycles. The fraction of sp³-hybridized carbons (Fsp3) is 0.500. The monoisotopic (exact) mass is 457 g/mol. The van der Waals surface area contributed by atoms with Gasteiger partial charge in [-0.05, 0) is 38.3 Å². The summed E-state index contributed by atoms with van der Waals surface area (Å²) < 4.78 is 38.4. The van der Waals surface area contributed by atoms with E-state index in [1.54, 1.807) is 40.3 Å². The number of amides is 2. The summed E-state index contributed by atoms with van der Waals surface area (Å²) in [5.74, 6) is -1.16. The second kappa shape index (κ2) is 9.67. The van der Waals surface area contributed by atoms with Crippen LogP contribution in [0.2, 0.25) is 5.15 Å². The zero-order valence-electron chi connectivity index (χ0n) is 16.9. The molecule has 7 nitrogen and oxygen atoms in total. The quantitative estimate of drug-likeness (QED) is 0.683. The minimum Gasteiger partial charge on any atom is -0.353 e. The number of hydrogen-bond donors (Lipinski definition) is 1. The van der Waals surface area contributed by atoms with Crippen LogP contribution in [-0.2, 0) is 9.59 Å². The molecule has 2 heterocycles. The van der Waals surface area contributed by atoms with Crippen molar-refractivity contribution in [1.29, 1.82) is 0 Å². The Morgan fingerprint density at radius 2 is 2.13 bits per heavy atom. The summed E-state index contributed by atoms with van der Waals surface area (Å²) in [6.45, 7) is 2.19. The number of aromatic nitrogens is 3. The van der Waals surface area contributed by atoms with Gasteiger partial charge in [-0.25, -0.2) is 4.68 Å². The molecule has 2 atom stereocenters. The number of anilines is 1. The van der Waals surface area contributed by atoms with Crippen LogP contribution in [0.1, 0.15) is 39.0 Å². The summed E-state index contributed by atoms with van der Waals surface area (Å²) in [6.07, 6.45) is 0.229. The molecule has 0 aliphatic heterocycles. The number of nitrogens with one attached hydrogen (secondary N) is 1. The van der Waals surface area contributed by atoms with Gasteiger partial charge in [-0.2, -0.15) is 18.3 Å². The molecule has 2 aromatic heterocycles. The number of alkyl halides is 3. The van der Waals surface area contributed by atoms with E-state index in [2.05, 4.69) is 15.4 Å². The lowest BCUT2D eigenvalue weighted by atomic mass is 10.1. The second-order valence-electron chi connectivity index (χ2n) is 7.43. The van der Waals surface area contributed by atoms with E-state index in [1.807, 2.05) is 6.92 Å². The Morgan fingerprint density at radius 1 is 1.35 bits per heavy atom. The SMILES string of the molecule is CCN(C(=O)C1CCC(NC(=O)CCC(F)(F)F)C1)c1cn(-c2cccnc2)nc1Cl. The Labute approximate surface area is 182 Å². The molecule has 0 radical (unpaired) electrons. The number of hydrogen-bond acceptors (Lipinski definition) is 4. The highest BCUT2D eigenvalue weighted by atomic mass is 35.5. The van der Waals surface area contributed by atoms with Gasteiger partial charge in [0, 0.05) is 31.1 Å². The lowest BCUT2D eigenvalue weighted by Gasteiger charge is -2.23. The highest BCUT2D eigenvalue weighted by Crippen LogP contribution is 2.32. The molecular weight excluding hydrogens is 435 g/mol. The van der Waals surface area contributed by atoms with E-state index in [-0.39, 0.29) is 23.0 Å². The van der Waals surface area contributed by atoms with Crippen LogP contribution in [0.3, 0.4) is 0 Å². The first-order valence-electron chi connectivity index (χ1n) is 10.0. The van der Waals surface area contributed by atoms with Gasteiger partial charge in [0.1, 0.15) is 5.69 Å². The van der Waals surface area contributed by atoms with Crippen molar-refractivity contribution >= 4 is 29.1 Å². The van der Waals surface area contributed by atoms with Crippen molar-refractivity contribution < 1.29 is 22.8 Å². The van der Waals surface area contributed by atoms with Gasteiger partial charge in [0.2, 0.25) is 11.8 Å². The van der Waals surface area contributed by atoms with Crippen LogP contribution in [0, 0.1) is 5.92 Å². The number of nitrogens with zero attached hydrogens (tertiary/aromatic N) is 4. The third-order valence-corrected chi connectivity index (χ3v) is 5.49. The lowest BCUT2D eigenvalue weighted by molar-refractivity contribution is -0.144. The maximum Gasteiger partial charge on any atom is 0.389 e. The van der Waals surface area contributed by atoms with Gasteiger partial charge in [0.05, 0.1) is 24.5 Å². The van der Waals surface area contributed by atoms with E-state index in [0.29, 0.717) is 37.2 Å². The van der Waals surface area contributed by atoms with E-state index in [9.17, 15) is 22.8 Å². The summed E-state index contributed by atoms with van der Waals surface area (Å²) in [5.41, 5.74) is 1.16. The molecule has 0 bridgehead atoms. The van der Waals surface area contributed by atoms with Crippen LogP contribution in [-0.4, -0.2) is 45.3 Å². The Bertz CT molecular complexity index is 919.